The van der Waals surface area contributed by atoms with E-state index in [0.717, 1.165) is 42.7 Å². The van der Waals surface area contributed by atoms with Crippen molar-refractivity contribution in [2.24, 2.45) is 0 Å². The highest BCUT2D eigenvalue weighted by molar-refractivity contribution is 5.78. The Kier molecular flexibility index (Phi) is 6.27. The van der Waals surface area contributed by atoms with Crippen molar-refractivity contribution in [3.8, 4) is 22.6 Å². The summed E-state index contributed by atoms with van der Waals surface area (Å²) >= 11 is 0. The predicted molar refractivity (Wildman–Crippen MR) is 116 cm³/mol. The van der Waals surface area contributed by atoms with Gasteiger partial charge in [0.15, 0.2) is 23.1 Å². The summed E-state index contributed by atoms with van der Waals surface area (Å²) in [6.07, 6.45) is 1.85. The van der Waals surface area contributed by atoms with Crippen molar-refractivity contribution in [1.29, 1.82) is 0 Å². The van der Waals surface area contributed by atoms with E-state index in [9.17, 15) is 13.2 Å². The lowest BCUT2D eigenvalue weighted by molar-refractivity contribution is -0.228. The van der Waals surface area contributed by atoms with E-state index in [1.165, 1.54) is 6.92 Å². The molecule has 0 saturated heterocycles. The van der Waals surface area contributed by atoms with Gasteiger partial charge in [-0.15, -0.1) is 0 Å². The second-order valence-electron chi connectivity index (χ2n) is 8.04. The van der Waals surface area contributed by atoms with Crippen LogP contribution in [0.5, 0.6) is 11.5 Å². The molecule has 2 nitrogen and oxygen atoms in total. The molecular formula is C26H22F6O2. The molecule has 1 aliphatic carbocycles. The van der Waals surface area contributed by atoms with Gasteiger partial charge >= 0.3 is 11.8 Å². The molecule has 34 heavy (non-hydrogen) atoms. The van der Waals surface area contributed by atoms with E-state index in [4.69, 9.17) is 9.47 Å². The maximum absolute atomic E-state index is 15.2. The Bertz CT molecular complexity index is 1200. The van der Waals surface area contributed by atoms with Crippen LogP contribution in [0, 0.1) is 11.6 Å². The van der Waals surface area contributed by atoms with Crippen LogP contribution in [-0.2, 0) is 24.9 Å². The molecule has 0 saturated carbocycles. The van der Waals surface area contributed by atoms with Crippen molar-refractivity contribution in [1.82, 2.24) is 0 Å². The van der Waals surface area contributed by atoms with Gasteiger partial charge in [0.2, 0.25) is 0 Å². The van der Waals surface area contributed by atoms with Crippen LogP contribution in [0.2, 0.25) is 0 Å². The summed E-state index contributed by atoms with van der Waals surface area (Å²) in [5.41, 5.74) is -2.33. The van der Waals surface area contributed by atoms with E-state index in [2.05, 4.69) is 0 Å². The average Bonchev–Trinajstić information content (AvgIpc) is 2.79. The molecule has 0 atom stereocenters. The molecule has 0 unspecified atom stereocenters. The zero-order valence-electron chi connectivity index (χ0n) is 18.5. The first-order valence-electron chi connectivity index (χ1n) is 10.9. The molecule has 0 fully saturated rings. The van der Waals surface area contributed by atoms with E-state index in [1.54, 1.807) is 12.1 Å². The zero-order chi connectivity index (χ0) is 24.7. The van der Waals surface area contributed by atoms with Gasteiger partial charge in [-0.3, -0.25) is 0 Å². The van der Waals surface area contributed by atoms with E-state index < -0.39 is 57.2 Å². The Balaban J connectivity index is 1.74. The average molecular weight is 480 g/mol. The van der Waals surface area contributed by atoms with Gasteiger partial charge in [0, 0.05) is 0 Å². The smallest absolute Gasteiger partial charge is 0.343 e. The van der Waals surface area contributed by atoms with Crippen LogP contribution >= 0.6 is 0 Å². The van der Waals surface area contributed by atoms with Gasteiger partial charge < -0.3 is 9.47 Å². The second-order valence-corrected chi connectivity index (χ2v) is 8.04. The lowest BCUT2D eigenvalue weighted by atomic mass is 9.79. The number of hydrogen-bond donors (Lipinski definition) is 0. The predicted octanol–water partition coefficient (Wildman–Crippen LogP) is 7.76. The molecule has 8 heteroatoms. The van der Waals surface area contributed by atoms with Gasteiger partial charge in [-0.25, -0.2) is 8.78 Å². The molecule has 1 aliphatic rings. The number of rotatable bonds is 7. The molecule has 0 aliphatic heterocycles. The molecule has 0 spiro atoms. The monoisotopic (exact) mass is 480 g/mol. The Hall–Kier alpha value is -3.16. The quantitative estimate of drug-likeness (QED) is 0.322. The molecule has 3 aromatic rings. The number of benzene rings is 3. The molecule has 0 heterocycles. The highest BCUT2D eigenvalue weighted by Gasteiger charge is 2.65. The maximum Gasteiger partial charge on any atom is 0.343 e. The van der Waals surface area contributed by atoms with Crippen molar-refractivity contribution < 1.29 is 35.8 Å². The van der Waals surface area contributed by atoms with Crippen LogP contribution in [0.25, 0.3) is 11.1 Å². The van der Waals surface area contributed by atoms with Crippen LogP contribution in [0.3, 0.4) is 0 Å². The highest BCUT2D eigenvalue weighted by atomic mass is 19.3. The number of ether oxygens (including phenoxy) is 2. The summed E-state index contributed by atoms with van der Waals surface area (Å²) in [7, 11) is 0. The van der Waals surface area contributed by atoms with Crippen molar-refractivity contribution in [3.63, 3.8) is 0 Å². The van der Waals surface area contributed by atoms with Crippen molar-refractivity contribution in [3.05, 3.63) is 82.4 Å². The topological polar surface area (TPSA) is 18.5 Å². The summed E-state index contributed by atoms with van der Waals surface area (Å²) in [6.45, 7) is 3.34. The fraction of sp³-hybridized carbons (Fsp3) is 0.308. The van der Waals surface area contributed by atoms with Crippen LogP contribution in [0.1, 0.15) is 42.5 Å². The first-order valence-corrected chi connectivity index (χ1v) is 10.9. The number of fused-ring (bicyclic) bond motifs is 3. The number of hydrogen-bond acceptors (Lipinski definition) is 2. The van der Waals surface area contributed by atoms with Crippen molar-refractivity contribution in [2.75, 3.05) is 6.61 Å². The van der Waals surface area contributed by atoms with Gasteiger partial charge in [0.25, 0.3) is 0 Å². The Morgan fingerprint density at radius 2 is 1.12 bits per heavy atom. The van der Waals surface area contributed by atoms with Crippen LogP contribution in [0.4, 0.5) is 26.3 Å². The molecule has 0 aromatic heterocycles. The van der Waals surface area contributed by atoms with Crippen LogP contribution < -0.4 is 9.47 Å². The van der Waals surface area contributed by atoms with E-state index in [-0.39, 0.29) is 13.2 Å². The highest BCUT2D eigenvalue weighted by Crippen LogP contribution is 2.60. The Morgan fingerprint density at radius 1 is 0.647 bits per heavy atom. The molecule has 4 rings (SSSR count). The maximum atomic E-state index is 15.2. The fourth-order valence-electron chi connectivity index (χ4n) is 4.12. The van der Waals surface area contributed by atoms with Gasteiger partial charge in [0.1, 0.15) is 6.61 Å². The third kappa shape index (κ3) is 3.79. The lowest BCUT2D eigenvalue weighted by Crippen LogP contribution is -2.41. The summed E-state index contributed by atoms with van der Waals surface area (Å²) in [4.78, 5) is 0. The van der Waals surface area contributed by atoms with E-state index >= 15 is 13.2 Å². The first-order chi connectivity index (χ1) is 16.1. The lowest BCUT2D eigenvalue weighted by Gasteiger charge is -2.35. The normalized spacial score (nSPS) is 15.4. The van der Waals surface area contributed by atoms with E-state index in [1.807, 2.05) is 19.1 Å². The number of aryl methyl sites for hydroxylation is 1. The van der Waals surface area contributed by atoms with Crippen LogP contribution in [-0.4, -0.2) is 6.61 Å². The second kappa shape index (κ2) is 8.89. The molecule has 3 aromatic carbocycles. The third-order valence-electron chi connectivity index (χ3n) is 5.78. The molecule has 180 valence electrons. The minimum absolute atomic E-state index is 0.0507. The molecular weight excluding hydrogens is 458 g/mol. The largest absolute Gasteiger partial charge is 0.491 e. The minimum atomic E-state index is -5.02. The molecule has 0 radical (unpaired) electrons. The van der Waals surface area contributed by atoms with Crippen LogP contribution in [0.15, 0.2) is 48.5 Å². The summed E-state index contributed by atoms with van der Waals surface area (Å²) in [5.74, 6) is -14.4. The van der Waals surface area contributed by atoms with Crippen molar-refractivity contribution in [2.45, 2.75) is 45.1 Å². The summed E-state index contributed by atoms with van der Waals surface area (Å²) in [5, 5.41) is 0. The minimum Gasteiger partial charge on any atom is -0.491 e. The summed E-state index contributed by atoms with van der Waals surface area (Å²) in [6, 6.07) is 11.5. The van der Waals surface area contributed by atoms with Gasteiger partial charge in [-0.1, -0.05) is 37.6 Å². The van der Waals surface area contributed by atoms with E-state index in [0.29, 0.717) is 5.56 Å². The molecule has 0 bridgehead atoms. The standard InChI is InChI=1S/C26H22F6O2/c1-3-5-15-6-8-16(9-7-15)14-34-20-13-11-18-17-10-12-19(33-4-2)23(27)21(17)25(29,30)26(31,32)22(18)24(20)28/h6-13H,3-5,14H2,1-2H3. The molecule has 0 amide bonds. The van der Waals surface area contributed by atoms with Gasteiger partial charge in [0.05, 0.1) is 17.7 Å². The Morgan fingerprint density at radius 3 is 1.59 bits per heavy atom. The van der Waals surface area contributed by atoms with Gasteiger partial charge in [-0.2, -0.15) is 17.6 Å². The first kappa shape index (κ1) is 24.0. The molecule has 0 N–H and O–H groups in total. The van der Waals surface area contributed by atoms with Crippen molar-refractivity contribution >= 4 is 0 Å². The number of halogens is 6. The SMILES string of the molecule is CCCc1ccc(COc2ccc3c(c2F)C(F)(F)C(F)(F)c2c-3ccc(OCC)c2F)cc1. The number of alkyl halides is 4. The zero-order valence-corrected chi connectivity index (χ0v) is 18.5. The fourth-order valence-corrected chi connectivity index (χ4v) is 4.12. The van der Waals surface area contributed by atoms with Gasteiger partial charge in [-0.05, 0) is 59.9 Å². The Labute approximate surface area is 193 Å². The third-order valence-corrected chi connectivity index (χ3v) is 5.78. The summed E-state index contributed by atoms with van der Waals surface area (Å²) < 4.78 is 100.